The highest BCUT2D eigenvalue weighted by Crippen LogP contribution is 2.10. The molecule has 0 heterocycles. The Morgan fingerprint density at radius 1 is 1.47 bits per heavy atom. The van der Waals surface area contributed by atoms with E-state index < -0.39 is 0 Å². The minimum absolute atomic E-state index is 0.103. The normalized spacial score (nSPS) is 12.6. The van der Waals surface area contributed by atoms with Crippen LogP contribution in [0.1, 0.15) is 29.8 Å². The molecule has 0 aliphatic rings. The number of amides is 1. The van der Waals surface area contributed by atoms with Gasteiger partial charge in [0.05, 0.1) is 0 Å². The molecule has 2 nitrogen and oxygen atoms in total. The highest BCUT2D eigenvalue weighted by molar-refractivity contribution is 6.18. The van der Waals surface area contributed by atoms with Gasteiger partial charge in [-0.05, 0) is 30.5 Å². The van der Waals surface area contributed by atoms with Crippen molar-refractivity contribution in [3.8, 4) is 0 Å². The highest BCUT2D eigenvalue weighted by atomic mass is 35.5. The summed E-state index contributed by atoms with van der Waals surface area (Å²) in [7, 11) is 0. The number of nitrogens with one attached hydrogen (secondary N) is 1. The first-order valence-corrected chi connectivity index (χ1v) is 6.12. The molecule has 4 heteroatoms. The quantitative estimate of drug-likeness (QED) is 0.825. The molecule has 0 radical (unpaired) electrons. The number of rotatable bonds is 4. The number of halogens is 2. The molecule has 1 aromatic rings. The Morgan fingerprint density at radius 2 is 2.12 bits per heavy atom. The van der Waals surface area contributed by atoms with E-state index in [0.29, 0.717) is 17.0 Å². The van der Waals surface area contributed by atoms with E-state index in [-0.39, 0.29) is 23.7 Å². The first-order valence-electron chi connectivity index (χ1n) is 5.58. The molecule has 0 saturated heterocycles. The number of aryl methyl sites for hydroxylation is 1. The van der Waals surface area contributed by atoms with Crippen molar-refractivity contribution in [1.29, 1.82) is 0 Å². The summed E-state index contributed by atoms with van der Waals surface area (Å²) < 4.78 is 13.3. The Balaban J connectivity index is 2.79. The van der Waals surface area contributed by atoms with E-state index in [2.05, 4.69) is 5.32 Å². The van der Waals surface area contributed by atoms with Gasteiger partial charge in [0.25, 0.3) is 5.91 Å². The van der Waals surface area contributed by atoms with Crippen molar-refractivity contribution in [2.24, 2.45) is 5.92 Å². The predicted octanol–water partition coefficient (Wildman–Crippen LogP) is 3.13. The number of alkyl halides is 1. The zero-order valence-electron chi connectivity index (χ0n) is 10.3. The van der Waals surface area contributed by atoms with Crippen LogP contribution in [0.25, 0.3) is 0 Å². The van der Waals surface area contributed by atoms with Gasteiger partial charge >= 0.3 is 0 Å². The van der Waals surface area contributed by atoms with Crippen molar-refractivity contribution in [2.45, 2.75) is 26.8 Å². The third-order valence-corrected chi connectivity index (χ3v) is 3.05. The lowest BCUT2D eigenvalue weighted by molar-refractivity contribution is 0.0930. The lowest BCUT2D eigenvalue weighted by Gasteiger charge is -2.19. The first kappa shape index (κ1) is 14.0. The SMILES string of the molecule is Cc1ccc(C(=O)NC(CCl)C(C)C)cc1F. The van der Waals surface area contributed by atoms with Gasteiger partial charge in [-0.15, -0.1) is 11.6 Å². The van der Waals surface area contributed by atoms with E-state index in [4.69, 9.17) is 11.6 Å². The minimum Gasteiger partial charge on any atom is -0.348 e. The fraction of sp³-hybridized carbons (Fsp3) is 0.462. The average molecular weight is 258 g/mol. The monoisotopic (exact) mass is 257 g/mol. The predicted molar refractivity (Wildman–Crippen MR) is 67.9 cm³/mol. The third-order valence-electron chi connectivity index (χ3n) is 2.72. The molecule has 0 aliphatic heterocycles. The van der Waals surface area contributed by atoms with E-state index in [0.717, 1.165) is 0 Å². The molecule has 0 saturated carbocycles. The van der Waals surface area contributed by atoms with Crippen LogP contribution in [0.15, 0.2) is 18.2 Å². The maximum atomic E-state index is 13.3. The molecule has 94 valence electrons. The average Bonchev–Trinajstić information content (AvgIpc) is 2.28. The molecule has 1 rings (SSSR count). The molecule has 0 aromatic heterocycles. The van der Waals surface area contributed by atoms with Crippen molar-refractivity contribution in [3.05, 3.63) is 35.1 Å². The van der Waals surface area contributed by atoms with E-state index in [1.165, 1.54) is 6.07 Å². The molecule has 1 atom stereocenters. The van der Waals surface area contributed by atoms with Crippen molar-refractivity contribution < 1.29 is 9.18 Å². The maximum absolute atomic E-state index is 13.3. The van der Waals surface area contributed by atoms with Crippen LogP contribution in [0, 0.1) is 18.7 Å². The van der Waals surface area contributed by atoms with Gasteiger partial charge in [-0.1, -0.05) is 19.9 Å². The molecule has 17 heavy (non-hydrogen) atoms. The summed E-state index contributed by atoms with van der Waals surface area (Å²) in [6.07, 6.45) is 0. The summed E-state index contributed by atoms with van der Waals surface area (Å²) in [5.74, 6) is -0.0720. The Hall–Kier alpha value is -1.09. The zero-order chi connectivity index (χ0) is 13.0. The van der Waals surface area contributed by atoms with E-state index in [9.17, 15) is 9.18 Å². The Kier molecular flexibility index (Phi) is 4.94. The van der Waals surface area contributed by atoms with Gasteiger partial charge in [0.15, 0.2) is 0 Å². The molecule has 0 fully saturated rings. The molecule has 0 spiro atoms. The lowest BCUT2D eigenvalue weighted by atomic mass is 10.1. The number of hydrogen-bond acceptors (Lipinski definition) is 1. The molecule has 1 N–H and O–H groups in total. The fourth-order valence-corrected chi connectivity index (χ4v) is 1.80. The van der Waals surface area contributed by atoms with Crippen LogP contribution in [0.2, 0.25) is 0 Å². The second-order valence-corrected chi connectivity index (χ2v) is 4.75. The summed E-state index contributed by atoms with van der Waals surface area (Å²) in [6, 6.07) is 4.35. The standard InChI is InChI=1S/C13H17ClFNO/c1-8(2)12(7-14)16-13(17)10-5-4-9(3)11(15)6-10/h4-6,8,12H,7H2,1-3H3,(H,16,17). The van der Waals surface area contributed by atoms with Gasteiger partial charge in [-0.3, -0.25) is 4.79 Å². The van der Waals surface area contributed by atoms with Gasteiger partial charge in [0.2, 0.25) is 0 Å². The minimum atomic E-state index is -0.371. The van der Waals surface area contributed by atoms with Crippen LogP contribution in [0.3, 0.4) is 0 Å². The van der Waals surface area contributed by atoms with E-state index >= 15 is 0 Å². The number of hydrogen-bond donors (Lipinski definition) is 1. The fourth-order valence-electron chi connectivity index (χ4n) is 1.37. The summed E-state index contributed by atoms with van der Waals surface area (Å²) in [5, 5.41) is 2.79. The number of carbonyl (C=O) groups is 1. The Bertz CT molecular complexity index is 406. The van der Waals surface area contributed by atoms with Crippen LogP contribution in [0.5, 0.6) is 0 Å². The van der Waals surface area contributed by atoms with Crippen LogP contribution >= 0.6 is 11.6 Å². The summed E-state index contributed by atoms with van der Waals surface area (Å²) in [6.45, 7) is 5.61. The molecular formula is C13H17ClFNO. The van der Waals surface area contributed by atoms with Crippen LogP contribution in [-0.4, -0.2) is 17.8 Å². The third kappa shape index (κ3) is 3.70. The van der Waals surface area contributed by atoms with Crippen LogP contribution < -0.4 is 5.32 Å². The van der Waals surface area contributed by atoms with E-state index in [1.54, 1.807) is 19.1 Å². The largest absolute Gasteiger partial charge is 0.348 e. The molecular weight excluding hydrogens is 241 g/mol. The van der Waals surface area contributed by atoms with E-state index in [1.807, 2.05) is 13.8 Å². The molecule has 1 unspecified atom stereocenters. The topological polar surface area (TPSA) is 29.1 Å². The van der Waals surface area contributed by atoms with Crippen molar-refractivity contribution in [3.63, 3.8) is 0 Å². The molecule has 0 aliphatic carbocycles. The maximum Gasteiger partial charge on any atom is 0.251 e. The molecule has 0 bridgehead atoms. The van der Waals surface area contributed by atoms with Gasteiger partial charge < -0.3 is 5.32 Å². The summed E-state index contributed by atoms with van der Waals surface area (Å²) in [4.78, 5) is 11.8. The van der Waals surface area contributed by atoms with Crippen molar-refractivity contribution in [1.82, 2.24) is 5.32 Å². The summed E-state index contributed by atoms with van der Waals surface area (Å²) >= 11 is 5.76. The van der Waals surface area contributed by atoms with Crippen LogP contribution in [0.4, 0.5) is 4.39 Å². The zero-order valence-corrected chi connectivity index (χ0v) is 11.0. The van der Waals surface area contributed by atoms with Crippen molar-refractivity contribution in [2.75, 3.05) is 5.88 Å². The second-order valence-electron chi connectivity index (χ2n) is 4.44. The lowest BCUT2D eigenvalue weighted by Crippen LogP contribution is -2.39. The van der Waals surface area contributed by atoms with Gasteiger partial charge in [0, 0.05) is 17.5 Å². The number of carbonyl (C=O) groups excluding carboxylic acids is 1. The van der Waals surface area contributed by atoms with Gasteiger partial charge in [-0.25, -0.2) is 4.39 Å². The van der Waals surface area contributed by atoms with Crippen LogP contribution in [-0.2, 0) is 0 Å². The molecule has 1 aromatic carbocycles. The first-order chi connectivity index (χ1) is 7.95. The number of benzene rings is 1. The Morgan fingerprint density at radius 3 is 2.59 bits per heavy atom. The second kappa shape index (κ2) is 6.01. The van der Waals surface area contributed by atoms with Gasteiger partial charge in [-0.2, -0.15) is 0 Å². The van der Waals surface area contributed by atoms with Crippen molar-refractivity contribution >= 4 is 17.5 Å². The smallest absolute Gasteiger partial charge is 0.251 e. The highest BCUT2D eigenvalue weighted by Gasteiger charge is 2.16. The van der Waals surface area contributed by atoms with Gasteiger partial charge in [0.1, 0.15) is 5.82 Å². The summed E-state index contributed by atoms with van der Waals surface area (Å²) in [5.41, 5.74) is 0.850. The molecule has 1 amide bonds. The Labute approximate surface area is 106 Å².